The number of nitrogens with zero attached hydrogens (tertiary/aromatic N) is 1. The smallest absolute Gasteiger partial charge is 0.165 e. The molecule has 0 unspecified atom stereocenters. The molecule has 0 aliphatic carbocycles. The zero-order chi connectivity index (χ0) is 14.7. The first-order valence-electron chi connectivity index (χ1n) is 6.57. The highest BCUT2D eigenvalue weighted by molar-refractivity contribution is 7.15. The average Bonchev–Trinajstić information content (AvgIpc) is 2.81. The van der Waals surface area contributed by atoms with E-state index < -0.39 is 0 Å². The van der Waals surface area contributed by atoms with Gasteiger partial charge in [0.1, 0.15) is 5.01 Å². The second-order valence-electron chi connectivity index (χ2n) is 5.04. The Kier molecular flexibility index (Phi) is 4.73. The summed E-state index contributed by atoms with van der Waals surface area (Å²) in [6.07, 6.45) is 0.904. The molecule has 0 aliphatic rings. The van der Waals surface area contributed by atoms with E-state index in [1.54, 1.807) is 23.5 Å². The zero-order valence-corrected chi connectivity index (χ0v) is 12.8. The SMILES string of the molecule is COc1cc(-c2nc(CC(C)C)c(CN)s2)ccc1F. The summed E-state index contributed by atoms with van der Waals surface area (Å²) in [5.74, 6) is 0.393. The van der Waals surface area contributed by atoms with Crippen molar-refractivity contribution in [3.05, 3.63) is 34.6 Å². The van der Waals surface area contributed by atoms with Gasteiger partial charge in [0.2, 0.25) is 0 Å². The van der Waals surface area contributed by atoms with E-state index in [1.807, 2.05) is 0 Å². The summed E-state index contributed by atoms with van der Waals surface area (Å²) in [5.41, 5.74) is 7.69. The van der Waals surface area contributed by atoms with Crippen molar-refractivity contribution < 1.29 is 9.13 Å². The zero-order valence-electron chi connectivity index (χ0n) is 11.9. The van der Waals surface area contributed by atoms with E-state index in [-0.39, 0.29) is 11.6 Å². The van der Waals surface area contributed by atoms with E-state index in [4.69, 9.17) is 10.5 Å². The molecule has 0 saturated heterocycles. The van der Waals surface area contributed by atoms with Crippen LogP contribution in [-0.4, -0.2) is 12.1 Å². The number of hydrogen-bond acceptors (Lipinski definition) is 4. The molecule has 1 aromatic carbocycles. The fourth-order valence-corrected chi connectivity index (χ4v) is 2.97. The van der Waals surface area contributed by atoms with E-state index >= 15 is 0 Å². The van der Waals surface area contributed by atoms with E-state index in [0.717, 1.165) is 27.6 Å². The van der Waals surface area contributed by atoms with Gasteiger partial charge in [0.05, 0.1) is 12.8 Å². The van der Waals surface area contributed by atoms with Gasteiger partial charge >= 0.3 is 0 Å². The fraction of sp³-hybridized carbons (Fsp3) is 0.400. The molecular weight excluding hydrogens is 275 g/mol. The van der Waals surface area contributed by atoms with Crippen molar-refractivity contribution >= 4 is 11.3 Å². The topological polar surface area (TPSA) is 48.1 Å². The van der Waals surface area contributed by atoms with Gasteiger partial charge in [-0.25, -0.2) is 9.37 Å². The van der Waals surface area contributed by atoms with E-state index in [1.165, 1.54) is 13.2 Å². The molecule has 5 heteroatoms. The minimum absolute atomic E-state index is 0.234. The third-order valence-corrected chi connectivity index (χ3v) is 4.13. The van der Waals surface area contributed by atoms with E-state index in [2.05, 4.69) is 18.8 Å². The van der Waals surface area contributed by atoms with Crippen LogP contribution in [0.3, 0.4) is 0 Å². The monoisotopic (exact) mass is 294 g/mol. The molecule has 1 aromatic heterocycles. The molecule has 108 valence electrons. The predicted octanol–water partition coefficient (Wildman–Crippen LogP) is 3.62. The van der Waals surface area contributed by atoms with E-state index in [0.29, 0.717) is 12.5 Å². The van der Waals surface area contributed by atoms with Crippen molar-refractivity contribution in [1.82, 2.24) is 4.98 Å². The summed E-state index contributed by atoms with van der Waals surface area (Å²) in [6, 6.07) is 4.80. The molecule has 1 heterocycles. The van der Waals surface area contributed by atoms with Gasteiger partial charge in [-0.3, -0.25) is 0 Å². The molecule has 2 N–H and O–H groups in total. The minimum atomic E-state index is -0.366. The lowest BCUT2D eigenvalue weighted by molar-refractivity contribution is 0.387. The van der Waals surface area contributed by atoms with E-state index in [9.17, 15) is 4.39 Å². The first kappa shape index (κ1) is 14.9. The van der Waals surface area contributed by atoms with Crippen LogP contribution < -0.4 is 10.5 Å². The Balaban J connectivity index is 2.40. The van der Waals surface area contributed by atoms with Crippen molar-refractivity contribution in [1.29, 1.82) is 0 Å². The predicted molar refractivity (Wildman–Crippen MR) is 80.5 cm³/mol. The van der Waals surface area contributed by atoms with Crippen LogP contribution in [0.2, 0.25) is 0 Å². The van der Waals surface area contributed by atoms with Crippen LogP contribution >= 0.6 is 11.3 Å². The van der Waals surface area contributed by atoms with Crippen molar-refractivity contribution in [2.75, 3.05) is 7.11 Å². The van der Waals surface area contributed by atoms with Gasteiger partial charge in [0.15, 0.2) is 11.6 Å². The van der Waals surface area contributed by atoms with Crippen molar-refractivity contribution in [2.45, 2.75) is 26.8 Å². The van der Waals surface area contributed by atoms with Gasteiger partial charge in [-0.15, -0.1) is 11.3 Å². The second kappa shape index (κ2) is 6.33. The number of hydrogen-bond donors (Lipinski definition) is 1. The van der Waals surface area contributed by atoms with Gasteiger partial charge < -0.3 is 10.5 Å². The molecule has 0 aliphatic heterocycles. The molecular formula is C15H19FN2OS. The summed E-state index contributed by atoms with van der Waals surface area (Å²) in [6.45, 7) is 4.79. The van der Waals surface area contributed by atoms with Crippen molar-refractivity contribution in [3.8, 4) is 16.3 Å². The van der Waals surface area contributed by atoms with Crippen molar-refractivity contribution in [3.63, 3.8) is 0 Å². The molecule has 2 aromatic rings. The van der Waals surface area contributed by atoms with Gasteiger partial charge in [-0.2, -0.15) is 0 Å². The van der Waals surface area contributed by atoms with Crippen LogP contribution in [0.25, 0.3) is 10.6 Å². The standard InChI is InChI=1S/C15H19FN2OS/c1-9(2)6-12-14(8-17)20-15(18-12)10-4-5-11(16)13(7-10)19-3/h4-5,7,9H,6,8,17H2,1-3H3. The van der Waals surface area contributed by atoms with Crippen LogP contribution in [0.1, 0.15) is 24.4 Å². The molecule has 2 rings (SSSR count). The molecule has 0 saturated carbocycles. The first-order valence-corrected chi connectivity index (χ1v) is 7.39. The molecule has 0 bridgehead atoms. The Hall–Kier alpha value is -1.46. The summed E-state index contributed by atoms with van der Waals surface area (Å²) in [5, 5.41) is 0.861. The molecule has 20 heavy (non-hydrogen) atoms. The van der Waals surface area contributed by atoms with Gasteiger partial charge in [0.25, 0.3) is 0 Å². The molecule has 0 radical (unpaired) electrons. The highest BCUT2D eigenvalue weighted by Crippen LogP contribution is 2.32. The number of thiazole rings is 1. The van der Waals surface area contributed by atoms with Crippen LogP contribution in [0.5, 0.6) is 5.75 Å². The third kappa shape index (κ3) is 3.16. The van der Waals surface area contributed by atoms with Crippen LogP contribution in [-0.2, 0) is 13.0 Å². The van der Waals surface area contributed by atoms with Crippen molar-refractivity contribution in [2.24, 2.45) is 11.7 Å². The molecule has 3 nitrogen and oxygen atoms in total. The molecule has 0 fully saturated rings. The quantitative estimate of drug-likeness (QED) is 0.916. The lowest BCUT2D eigenvalue weighted by Crippen LogP contribution is -2.01. The lowest BCUT2D eigenvalue weighted by atomic mass is 10.1. The Morgan fingerprint density at radius 1 is 1.40 bits per heavy atom. The maximum Gasteiger partial charge on any atom is 0.165 e. The number of nitrogens with two attached hydrogens (primary N) is 1. The number of benzene rings is 1. The molecule has 0 spiro atoms. The van der Waals surface area contributed by atoms with Gasteiger partial charge in [-0.05, 0) is 30.5 Å². The van der Waals surface area contributed by atoms with Crippen LogP contribution in [0.4, 0.5) is 4.39 Å². The number of rotatable bonds is 5. The fourth-order valence-electron chi connectivity index (χ4n) is 2.01. The summed E-state index contributed by atoms with van der Waals surface area (Å²) < 4.78 is 18.5. The number of aromatic nitrogens is 1. The highest BCUT2D eigenvalue weighted by Gasteiger charge is 2.14. The summed E-state index contributed by atoms with van der Waals surface area (Å²) >= 11 is 1.57. The lowest BCUT2D eigenvalue weighted by Gasteiger charge is -2.03. The Labute approximate surface area is 122 Å². The summed E-state index contributed by atoms with van der Waals surface area (Å²) in [4.78, 5) is 5.75. The second-order valence-corrected chi connectivity index (χ2v) is 6.12. The number of ether oxygens (including phenoxy) is 1. The Bertz CT molecular complexity index is 596. The number of methoxy groups -OCH3 is 1. The Morgan fingerprint density at radius 2 is 2.15 bits per heavy atom. The first-order chi connectivity index (χ1) is 9.55. The highest BCUT2D eigenvalue weighted by atomic mass is 32.1. The third-order valence-electron chi connectivity index (χ3n) is 2.96. The minimum Gasteiger partial charge on any atom is -0.494 e. The largest absolute Gasteiger partial charge is 0.494 e. The van der Waals surface area contributed by atoms with Gasteiger partial charge in [0, 0.05) is 17.0 Å². The normalized spacial score (nSPS) is 11.1. The average molecular weight is 294 g/mol. The molecule has 0 amide bonds. The summed E-state index contributed by atoms with van der Waals surface area (Å²) in [7, 11) is 1.46. The number of halogens is 1. The maximum absolute atomic E-state index is 13.4. The molecule has 0 atom stereocenters. The Morgan fingerprint density at radius 3 is 2.75 bits per heavy atom. The maximum atomic E-state index is 13.4. The van der Waals surface area contributed by atoms with Crippen LogP contribution in [0, 0.1) is 11.7 Å². The van der Waals surface area contributed by atoms with Crippen LogP contribution in [0.15, 0.2) is 18.2 Å². The van der Waals surface area contributed by atoms with Gasteiger partial charge in [-0.1, -0.05) is 13.8 Å².